The van der Waals surface area contributed by atoms with Gasteiger partial charge in [-0.2, -0.15) is 0 Å². The average molecular weight is 307 g/mol. The summed E-state index contributed by atoms with van der Waals surface area (Å²) in [7, 11) is 0. The van der Waals surface area contributed by atoms with Crippen LogP contribution in [0.3, 0.4) is 0 Å². The number of para-hydroxylation sites is 1. The predicted molar refractivity (Wildman–Crippen MR) is 89.0 cm³/mol. The highest BCUT2D eigenvalue weighted by Gasteiger charge is 2.04. The Morgan fingerprint density at radius 3 is 2.37 bits per heavy atom. The molecule has 2 aromatic carbocycles. The first-order valence-corrected chi connectivity index (χ1v) is 6.77. The van der Waals surface area contributed by atoms with E-state index < -0.39 is 0 Å². The number of hydrogen-bond acceptors (Lipinski definition) is 2. The molecule has 0 aromatic heterocycles. The van der Waals surface area contributed by atoms with E-state index in [1.54, 1.807) is 12.1 Å². The standard InChI is InChI=1S/C14H11ClN2S2/c15-11-6-4-5-10(9-11)13(18)17-14(19)16-12-7-2-1-3-8-12/h1-9H,(H2,16,17,18,19). The van der Waals surface area contributed by atoms with Crippen molar-refractivity contribution in [2.45, 2.75) is 0 Å². The minimum atomic E-state index is 0.455. The summed E-state index contributed by atoms with van der Waals surface area (Å²) in [6.07, 6.45) is 0. The molecular formula is C14H11ClN2S2. The molecule has 96 valence electrons. The SMILES string of the molecule is S=C(NC(=S)c1cccc(Cl)c1)Nc1ccccc1. The Labute approximate surface area is 127 Å². The lowest BCUT2D eigenvalue weighted by Crippen LogP contribution is -2.33. The van der Waals surface area contributed by atoms with Crippen LogP contribution in [0.2, 0.25) is 5.02 Å². The van der Waals surface area contributed by atoms with Gasteiger partial charge in [-0.05, 0) is 36.5 Å². The molecule has 0 aliphatic heterocycles. The van der Waals surface area contributed by atoms with Crippen molar-refractivity contribution in [1.29, 1.82) is 0 Å². The van der Waals surface area contributed by atoms with Gasteiger partial charge in [0.1, 0.15) is 4.99 Å². The Hall–Kier alpha value is -1.49. The van der Waals surface area contributed by atoms with Crippen molar-refractivity contribution in [3.8, 4) is 0 Å². The Kier molecular flexibility index (Phi) is 4.85. The predicted octanol–water partition coefficient (Wildman–Crippen LogP) is 4.00. The third-order valence-corrected chi connectivity index (χ3v) is 3.12. The number of halogens is 1. The summed E-state index contributed by atoms with van der Waals surface area (Å²) >= 11 is 16.4. The van der Waals surface area contributed by atoms with Crippen molar-refractivity contribution in [2.24, 2.45) is 0 Å². The van der Waals surface area contributed by atoms with E-state index in [1.165, 1.54) is 0 Å². The molecule has 2 aromatic rings. The monoisotopic (exact) mass is 306 g/mol. The highest BCUT2D eigenvalue weighted by atomic mass is 35.5. The van der Waals surface area contributed by atoms with Gasteiger partial charge >= 0.3 is 0 Å². The topological polar surface area (TPSA) is 24.1 Å². The van der Waals surface area contributed by atoms with Crippen LogP contribution in [0, 0.1) is 0 Å². The smallest absolute Gasteiger partial charge is 0.175 e. The van der Waals surface area contributed by atoms with Crippen LogP contribution < -0.4 is 10.6 Å². The zero-order valence-corrected chi connectivity index (χ0v) is 12.3. The van der Waals surface area contributed by atoms with Gasteiger partial charge in [0, 0.05) is 16.3 Å². The third-order valence-electron chi connectivity index (χ3n) is 2.35. The maximum Gasteiger partial charge on any atom is 0.175 e. The van der Waals surface area contributed by atoms with Crippen LogP contribution >= 0.6 is 36.0 Å². The van der Waals surface area contributed by atoms with Crippen molar-refractivity contribution in [1.82, 2.24) is 5.32 Å². The molecule has 5 heteroatoms. The molecule has 0 saturated heterocycles. The molecule has 0 fully saturated rings. The van der Waals surface area contributed by atoms with Gasteiger partial charge in [-0.25, -0.2) is 0 Å². The van der Waals surface area contributed by atoms with E-state index in [4.69, 9.17) is 36.0 Å². The van der Waals surface area contributed by atoms with E-state index in [0.717, 1.165) is 11.3 Å². The summed E-state index contributed by atoms with van der Waals surface area (Å²) in [6.45, 7) is 0. The molecule has 0 heterocycles. The van der Waals surface area contributed by atoms with Crippen LogP contribution in [-0.4, -0.2) is 10.1 Å². The number of benzene rings is 2. The molecule has 0 aliphatic carbocycles. The summed E-state index contributed by atoms with van der Waals surface area (Å²) in [5, 5.41) is 7.12. The second-order valence-electron chi connectivity index (χ2n) is 3.78. The molecule has 0 atom stereocenters. The molecule has 0 saturated carbocycles. The number of anilines is 1. The second kappa shape index (κ2) is 6.61. The maximum atomic E-state index is 5.92. The Morgan fingerprint density at radius 2 is 1.68 bits per heavy atom. The molecular weight excluding hydrogens is 296 g/mol. The molecule has 2 rings (SSSR count). The Morgan fingerprint density at radius 1 is 0.947 bits per heavy atom. The summed E-state index contributed by atoms with van der Waals surface area (Å²) in [4.78, 5) is 0.538. The Balaban J connectivity index is 1.98. The van der Waals surface area contributed by atoms with Crippen molar-refractivity contribution < 1.29 is 0 Å². The molecule has 0 spiro atoms. The van der Waals surface area contributed by atoms with E-state index in [9.17, 15) is 0 Å². The summed E-state index contributed by atoms with van der Waals surface area (Å²) < 4.78 is 0. The quantitative estimate of drug-likeness (QED) is 0.819. The number of rotatable bonds is 2. The van der Waals surface area contributed by atoms with E-state index in [1.807, 2.05) is 42.5 Å². The van der Waals surface area contributed by atoms with Gasteiger partial charge in [-0.3, -0.25) is 0 Å². The lowest BCUT2D eigenvalue weighted by Gasteiger charge is -2.11. The van der Waals surface area contributed by atoms with Crippen LogP contribution in [0.4, 0.5) is 5.69 Å². The second-order valence-corrected chi connectivity index (χ2v) is 5.04. The number of thiocarbonyl (C=S) groups is 2. The van der Waals surface area contributed by atoms with Gasteiger partial charge < -0.3 is 10.6 Å². The first kappa shape index (κ1) is 13.9. The number of nitrogens with one attached hydrogen (secondary N) is 2. The van der Waals surface area contributed by atoms with Crippen LogP contribution in [-0.2, 0) is 0 Å². The molecule has 0 unspecified atom stereocenters. The molecule has 0 bridgehead atoms. The first-order valence-electron chi connectivity index (χ1n) is 5.58. The molecule has 0 aliphatic rings. The zero-order chi connectivity index (χ0) is 13.7. The Bertz CT molecular complexity index is 599. The lowest BCUT2D eigenvalue weighted by atomic mass is 10.2. The minimum Gasteiger partial charge on any atom is -0.332 e. The largest absolute Gasteiger partial charge is 0.332 e. The normalized spacial score (nSPS) is 9.74. The van der Waals surface area contributed by atoms with Gasteiger partial charge in [0.2, 0.25) is 0 Å². The van der Waals surface area contributed by atoms with Crippen molar-refractivity contribution >= 4 is 51.8 Å². The van der Waals surface area contributed by atoms with Crippen molar-refractivity contribution in [3.63, 3.8) is 0 Å². The fraction of sp³-hybridized carbons (Fsp3) is 0. The third kappa shape index (κ3) is 4.28. The average Bonchev–Trinajstić information content (AvgIpc) is 2.39. The molecule has 2 N–H and O–H groups in total. The molecule has 0 amide bonds. The fourth-order valence-corrected chi connectivity index (χ4v) is 2.19. The van der Waals surface area contributed by atoms with Gasteiger partial charge in [-0.15, -0.1) is 0 Å². The van der Waals surface area contributed by atoms with E-state index in [-0.39, 0.29) is 0 Å². The van der Waals surface area contributed by atoms with Gasteiger partial charge in [0.05, 0.1) is 0 Å². The summed E-state index contributed by atoms with van der Waals surface area (Å²) in [6, 6.07) is 17.0. The lowest BCUT2D eigenvalue weighted by molar-refractivity contribution is 1.40. The molecule has 19 heavy (non-hydrogen) atoms. The zero-order valence-electron chi connectivity index (χ0n) is 9.89. The highest BCUT2D eigenvalue weighted by Crippen LogP contribution is 2.11. The molecule has 0 radical (unpaired) electrons. The van der Waals surface area contributed by atoms with Crippen LogP contribution in [0.5, 0.6) is 0 Å². The summed E-state index contributed by atoms with van der Waals surface area (Å²) in [5.41, 5.74) is 1.74. The minimum absolute atomic E-state index is 0.455. The van der Waals surface area contributed by atoms with E-state index in [2.05, 4.69) is 10.6 Å². The maximum absolute atomic E-state index is 5.92. The van der Waals surface area contributed by atoms with Crippen molar-refractivity contribution in [2.75, 3.05) is 5.32 Å². The van der Waals surface area contributed by atoms with Gasteiger partial charge in [-0.1, -0.05) is 54.2 Å². The number of hydrogen-bond donors (Lipinski definition) is 2. The van der Waals surface area contributed by atoms with E-state index in [0.29, 0.717) is 15.1 Å². The van der Waals surface area contributed by atoms with Crippen LogP contribution in [0.25, 0.3) is 0 Å². The van der Waals surface area contributed by atoms with Crippen LogP contribution in [0.1, 0.15) is 5.56 Å². The fourth-order valence-electron chi connectivity index (χ4n) is 1.49. The van der Waals surface area contributed by atoms with Gasteiger partial charge in [0.25, 0.3) is 0 Å². The van der Waals surface area contributed by atoms with Gasteiger partial charge in [0.15, 0.2) is 5.11 Å². The highest BCUT2D eigenvalue weighted by molar-refractivity contribution is 7.82. The van der Waals surface area contributed by atoms with E-state index >= 15 is 0 Å². The first-order chi connectivity index (χ1) is 9.15. The van der Waals surface area contributed by atoms with Crippen molar-refractivity contribution in [3.05, 3.63) is 65.2 Å². The summed E-state index contributed by atoms with van der Waals surface area (Å²) in [5.74, 6) is 0. The van der Waals surface area contributed by atoms with Crippen LogP contribution in [0.15, 0.2) is 54.6 Å². The molecule has 2 nitrogen and oxygen atoms in total.